The van der Waals surface area contributed by atoms with Crippen molar-refractivity contribution in [1.29, 1.82) is 0 Å². The van der Waals surface area contributed by atoms with E-state index >= 15 is 0 Å². The Kier molecular flexibility index (Phi) is 3.45. The maximum absolute atomic E-state index is 4.31. The van der Waals surface area contributed by atoms with Crippen molar-refractivity contribution in [2.75, 3.05) is 13.1 Å². The summed E-state index contributed by atoms with van der Waals surface area (Å²) in [5.41, 5.74) is 3.08. The molecular formula is C16H21N5. The number of hydrogen-bond acceptors (Lipinski definition) is 4. The Morgan fingerprint density at radius 1 is 1.14 bits per heavy atom. The van der Waals surface area contributed by atoms with Crippen LogP contribution >= 0.6 is 0 Å². The van der Waals surface area contributed by atoms with Crippen molar-refractivity contribution < 1.29 is 0 Å². The maximum atomic E-state index is 4.31. The Morgan fingerprint density at radius 2 is 2.00 bits per heavy atom. The smallest absolute Gasteiger partial charge is 0.117 e. The van der Waals surface area contributed by atoms with Gasteiger partial charge in [0.05, 0.1) is 0 Å². The van der Waals surface area contributed by atoms with Crippen LogP contribution in [0.1, 0.15) is 25.0 Å². The van der Waals surface area contributed by atoms with Crippen LogP contribution in [0.25, 0.3) is 11.3 Å². The Labute approximate surface area is 124 Å². The Bertz CT molecular complexity index is 590. The highest BCUT2D eigenvalue weighted by atomic mass is 15.3. The van der Waals surface area contributed by atoms with Crippen LogP contribution in [-0.2, 0) is 6.54 Å². The van der Waals surface area contributed by atoms with Crippen molar-refractivity contribution in [3.8, 4) is 11.3 Å². The summed E-state index contributed by atoms with van der Waals surface area (Å²) in [6.07, 6.45) is 4.04. The fourth-order valence-corrected chi connectivity index (χ4v) is 3.17. The van der Waals surface area contributed by atoms with Gasteiger partial charge < -0.3 is 5.32 Å². The van der Waals surface area contributed by atoms with E-state index < -0.39 is 0 Å². The highest BCUT2D eigenvalue weighted by molar-refractivity contribution is 5.60. The standard InChI is InChI=1S/C16H21N5/c1-2-4-12(5-3-1)16-15(18-20-19-16)10-17-13-8-9-21(11-13)14-6-7-14/h1-5,13-14,17H,6-11H2,(H,18,19,20). The molecule has 0 bridgehead atoms. The normalized spacial score (nSPS) is 22.8. The summed E-state index contributed by atoms with van der Waals surface area (Å²) in [6, 6.07) is 11.7. The van der Waals surface area contributed by atoms with E-state index in [1.807, 2.05) is 18.2 Å². The summed E-state index contributed by atoms with van der Waals surface area (Å²) in [4.78, 5) is 2.62. The molecule has 1 atom stereocenters. The van der Waals surface area contributed by atoms with Crippen LogP contribution < -0.4 is 5.32 Å². The molecule has 1 unspecified atom stereocenters. The number of H-pyrrole nitrogens is 1. The molecule has 0 spiro atoms. The average molecular weight is 283 g/mol. The highest BCUT2D eigenvalue weighted by Gasteiger charge is 2.34. The molecular weight excluding hydrogens is 262 g/mol. The fourth-order valence-electron chi connectivity index (χ4n) is 3.17. The monoisotopic (exact) mass is 283 g/mol. The Hall–Kier alpha value is -1.72. The molecule has 21 heavy (non-hydrogen) atoms. The molecule has 1 saturated carbocycles. The molecule has 1 aliphatic heterocycles. The number of hydrogen-bond donors (Lipinski definition) is 2. The van der Waals surface area contributed by atoms with Crippen molar-refractivity contribution >= 4 is 0 Å². The lowest BCUT2D eigenvalue weighted by Crippen LogP contribution is -2.33. The fraction of sp³-hybridized carbons (Fsp3) is 0.500. The average Bonchev–Trinajstić information content (AvgIpc) is 3.10. The highest BCUT2D eigenvalue weighted by Crippen LogP contribution is 2.30. The second-order valence-electron chi connectivity index (χ2n) is 6.08. The number of nitrogens with one attached hydrogen (secondary N) is 2. The minimum atomic E-state index is 0.589. The zero-order chi connectivity index (χ0) is 14.1. The molecule has 1 aliphatic carbocycles. The van der Waals surface area contributed by atoms with Gasteiger partial charge in [0.15, 0.2) is 0 Å². The Balaban J connectivity index is 1.38. The molecule has 0 amide bonds. The van der Waals surface area contributed by atoms with Crippen molar-refractivity contribution in [3.63, 3.8) is 0 Å². The molecule has 1 aromatic carbocycles. The summed E-state index contributed by atoms with van der Waals surface area (Å²) in [7, 11) is 0. The van der Waals surface area contributed by atoms with Crippen molar-refractivity contribution in [1.82, 2.24) is 25.6 Å². The first-order valence-electron chi connectivity index (χ1n) is 7.82. The van der Waals surface area contributed by atoms with E-state index in [-0.39, 0.29) is 0 Å². The van der Waals surface area contributed by atoms with Gasteiger partial charge in [-0.15, -0.1) is 0 Å². The van der Waals surface area contributed by atoms with E-state index in [9.17, 15) is 0 Å². The van der Waals surface area contributed by atoms with Gasteiger partial charge in [0.25, 0.3) is 0 Å². The minimum Gasteiger partial charge on any atom is -0.307 e. The second kappa shape index (κ2) is 5.58. The lowest BCUT2D eigenvalue weighted by atomic mass is 10.1. The van der Waals surface area contributed by atoms with Crippen molar-refractivity contribution in [3.05, 3.63) is 36.0 Å². The first kappa shape index (κ1) is 13.0. The molecule has 5 heteroatoms. The van der Waals surface area contributed by atoms with Gasteiger partial charge >= 0.3 is 0 Å². The molecule has 0 radical (unpaired) electrons. The second-order valence-corrected chi connectivity index (χ2v) is 6.08. The largest absolute Gasteiger partial charge is 0.307 e. The van der Waals surface area contributed by atoms with Crippen molar-refractivity contribution in [2.24, 2.45) is 0 Å². The number of aromatic nitrogens is 3. The third kappa shape index (κ3) is 2.84. The summed E-state index contributed by atoms with van der Waals surface area (Å²) < 4.78 is 0. The predicted molar refractivity (Wildman–Crippen MR) is 81.7 cm³/mol. The molecule has 2 aromatic rings. The molecule has 1 saturated heterocycles. The van der Waals surface area contributed by atoms with Crippen LogP contribution in [0.5, 0.6) is 0 Å². The molecule has 2 N–H and O–H groups in total. The van der Waals surface area contributed by atoms with E-state index in [1.165, 1.54) is 32.4 Å². The van der Waals surface area contributed by atoms with Gasteiger partial charge in [-0.1, -0.05) is 30.3 Å². The number of nitrogens with zero attached hydrogens (tertiary/aromatic N) is 3. The third-order valence-electron chi connectivity index (χ3n) is 4.51. The van der Waals surface area contributed by atoms with Crippen LogP contribution in [-0.4, -0.2) is 45.5 Å². The zero-order valence-electron chi connectivity index (χ0n) is 12.1. The van der Waals surface area contributed by atoms with Gasteiger partial charge in [-0.3, -0.25) is 4.90 Å². The molecule has 110 valence electrons. The Morgan fingerprint density at radius 3 is 2.81 bits per heavy atom. The van der Waals surface area contributed by atoms with Crippen LogP contribution in [0.2, 0.25) is 0 Å². The number of likely N-dealkylation sites (tertiary alicyclic amines) is 1. The molecule has 2 aliphatic rings. The lowest BCUT2D eigenvalue weighted by molar-refractivity contribution is 0.317. The first-order valence-corrected chi connectivity index (χ1v) is 7.82. The van der Waals surface area contributed by atoms with Crippen LogP contribution in [0.15, 0.2) is 30.3 Å². The summed E-state index contributed by atoms with van der Waals surface area (Å²) >= 11 is 0. The quantitative estimate of drug-likeness (QED) is 0.878. The third-order valence-corrected chi connectivity index (χ3v) is 4.51. The molecule has 2 heterocycles. The van der Waals surface area contributed by atoms with E-state index in [0.29, 0.717) is 6.04 Å². The predicted octanol–water partition coefficient (Wildman–Crippen LogP) is 1.80. The summed E-state index contributed by atoms with van der Waals surface area (Å²) in [5, 5.41) is 15.0. The van der Waals surface area contributed by atoms with E-state index in [4.69, 9.17) is 0 Å². The SMILES string of the molecule is c1ccc(-c2n[nH]nc2CNC2CCN(C3CC3)C2)cc1. The number of aromatic amines is 1. The molecule has 5 nitrogen and oxygen atoms in total. The van der Waals surface area contributed by atoms with E-state index in [2.05, 4.69) is 37.8 Å². The molecule has 2 fully saturated rings. The summed E-state index contributed by atoms with van der Waals surface area (Å²) in [5.74, 6) is 0. The summed E-state index contributed by atoms with van der Waals surface area (Å²) in [6.45, 7) is 3.21. The number of rotatable bonds is 5. The minimum absolute atomic E-state index is 0.589. The zero-order valence-corrected chi connectivity index (χ0v) is 12.1. The first-order chi connectivity index (χ1) is 10.4. The van der Waals surface area contributed by atoms with Crippen LogP contribution in [0, 0.1) is 0 Å². The van der Waals surface area contributed by atoms with E-state index in [1.54, 1.807) is 0 Å². The van der Waals surface area contributed by atoms with Gasteiger partial charge in [0.1, 0.15) is 11.4 Å². The lowest BCUT2D eigenvalue weighted by Gasteiger charge is -2.15. The van der Waals surface area contributed by atoms with Gasteiger partial charge in [-0.25, -0.2) is 0 Å². The van der Waals surface area contributed by atoms with Gasteiger partial charge in [0, 0.05) is 37.3 Å². The topological polar surface area (TPSA) is 56.8 Å². The van der Waals surface area contributed by atoms with Crippen LogP contribution in [0.3, 0.4) is 0 Å². The van der Waals surface area contributed by atoms with Crippen LogP contribution in [0.4, 0.5) is 0 Å². The van der Waals surface area contributed by atoms with Crippen molar-refractivity contribution in [2.45, 2.75) is 37.9 Å². The van der Waals surface area contributed by atoms with Gasteiger partial charge in [0.2, 0.25) is 0 Å². The number of benzene rings is 1. The molecule has 4 rings (SSSR count). The van der Waals surface area contributed by atoms with Gasteiger partial charge in [-0.2, -0.15) is 15.4 Å². The van der Waals surface area contributed by atoms with E-state index in [0.717, 1.165) is 29.5 Å². The van der Waals surface area contributed by atoms with Gasteiger partial charge in [-0.05, 0) is 19.3 Å². The molecule has 1 aromatic heterocycles. The maximum Gasteiger partial charge on any atom is 0.117 e.